The quantitative estimate of drug-likeness (QED) is 0.814. The van der Waals surface area contributed by atoms with Gasteiger partial charge in [0.1, 0.15) is 5.82 Å². The van der Waals surface area contributed by atoms with Gasteiger partial charge < -0.3 is 14.2 Å². The largest absolute Gasteiger partial charge is 0.390 e. The maximum atomic E-state index is 9.08. The van der Waals surface area contributed by atoms with Gasteiger partial charge in [0.05, 0.1) is 6.61 Å². The van der Waals surface area contributed by atoms with Crippen molar-refractivity contribution in [3.63, 3.8) is 0 Å². The van der Waals surface area contributed by atoms with Crippen LogP contribution in [-0.2, 0) is 19.7 Å². The second-order valence-corrected chi connectivity index (χ2v) is 3.52. The first-order chi connectivity index (χ1) is 7.31. The highest BCUT2D eigenvalue weighted by Crippen LogP contribution is 2.03. The number of aliphatic hydroxyl groups is 1. The van der Waals surface area contributed by atoms with Crippen LogP contribution in [0, 0.1) is 6.92 Å². The number of aromatic nitrogens is 3. The molecule has 1 N–H and O–H groups in total. The molecule has 0 bridgehead atoms. The molecule has 0 saturated carbocycles. The molecule has 4 nitrogen and oxygen atoms in total. The van der Waals surface area contributed by atoms with Gasteiger partial charge in [-0.1, -0.05) is 0 Å². The molecule has 2 aromatic heterocycles. The zero-order valence-corrected chi connectivity index (χ0v) is 8.80. The number of imidazole rings is 1. The number of aliphatic hydroxyl groups excluding tert-OH is 1. The van der Waals surface area contributed by atoms with Crippen molar-refractivity contribution in [1.82, 2.24) is 14.1 Å². The van der Waals surface area contributed by atoms with E-state index in [1.54, 1.807) is 6.20 Å². The molecule has 0 aliphatic heterocycles. The van der Waals surface area contributed by atoms with E-state index < -0.39 is 0 Å². The fourth-order valence-electron chi connectivity index (χ4n) is 1.67. The standard InChI is InChI=1S/C11H15N3O/c1-10-12-4-6-13(10)7-8-14-5-2-3-11(14)9-15/h2-6,15H,7-9H2,1H3. The number of hydrogen-bond acceptors (Lipinski definition) is 2. The lowest BCUT2D eigenvalue weighted by Crippen LogP contribution is -2.09. The second-order valence-electron chi connectivity index (χ2n) is 3.52. The Balaban J connectivity index is 2.02. The zero-order valence-electron chi connectivity index (χ0n) is 8.80. The van der Waals surface area contributed by atoms with Gasteiger partial charge in [-0.05, 0) is 19.1 Å². The van der Waals surface area contributed by atoms with Crippen LogP contribution in [0.15, 0.2) is 30.7 Å². The van der Waals surface area contributed by atoms with Gasteiger partial charge >= 0.3 is 0 Å². The molecule has 80 valence electrons. The summed E-state index contributed by atoms with van der Waals surface area (Å²) in [4.78, 5) is 4.16. The molecular weight excluding hydrogens is 190 g/mol. The fourth-order valence-corrected chi connectivity index (χ4v) is 1.67. The third kappa shape index (κ3) is 2.10. The molecule has 0 spiro atoms. The van der Waals surface area contributed by atoms with Gasteiger partial charge in [-0.25, -0.2) is 4.98 Å². The minimum Gasteiger partial charge on any atom is -0.390 e. The van der Waals surface area contributed by atoms with Crippen LogP contribution in [0.5, 0.6) is 0 Å². The van der Waals surface area contributed by atoms with Crippen LogP contribution in [0.1, 0.15) is 11.5 Å². The van der Waals surface area contributed by atoms with E-state index in [9.17, 15) is 0 Å². The van der Waals surface area contributed by atoms with Crippen LogP contribution in [0.2, 0.25) is 0 Å². The third-order valence-corrected chi connectivity index (χ3v) is 2.59. The van der Waals surface area contributed by atoms with Crippen molar-refractivity contribution in [1.29, 1.82) is 0 Å². The average Bonchev–Trinajstić information content (AvgIpc) is 2.83. The Labute approximate surface area is 88.8 Å². The first kappa shape index (κ1) is 9.98. The fraction of sp³-hybridized carbons (Fsp3) is 0.364. The molecular formula is C11H15N3O. The van der Waals surface area contributed by atoms with E-state index in [1.807, 2.05) is 31.5 Å². The monoisotopic (exact) mass is 205 g/mol. The SMILES string of the molecule is Cc1nccn1CCn1cccc1CO. The molecule has 0 amide bonds. The van der Waals surface area contributed by atoms with Crippen LogP contribution in [0.4, 0.5) is 0 Å². The Morgan fingerprint density at radius 2 is 2.07 bits per heavy atom. The van der Waals surface area contributed by atoms with Gasteiger partial charge in [-0.3, -0.25) is 0 Å². The molecule has 4 heteroatoms. The lowest BCUT2D eigenvalue weighted by molar-refractivity contribution is 0.269. The molecule has 2 aromatic rings. The van der Waals surface area contributed by atoms with Crippen molar-refractivity contribution >= 4 is 0 Å². The summed E-state index contributed by atoms with van der Waals surface area (Å²) < 4.78 is 4.15. The Morgan fingerprint density at radius 1 is 1.27 bits per heavy atom. The summed E-state index contributed by atoms with van der Waals surface area (Å²) >= 11 is 0. The molecule has 0 aliphatic rings. The number of hydrogen-bond donors (Lipinski definition) is 1. The molecule has 0 unspecified atom stereocenters. The van der Waals surface area contributed by atoms with Crippen LogP contribution >= 0.6 is 0 Å². The summed E-state index contributed by atoms with van der Waals surface area (Å²) in [6.07, 6.45) is 5.76. The van der Waals surface area contributed by atoms with Crippen molar-refractivity contribution in [2.75, 3.05) is 0 Å². The molecule has 15 heavy (non-hydrogen) atoms. The van der Waals surface area contributed by atoms with Gasteiger partial charge in [0, 0.05) is 37.4 Å². The Morgan fingerprint density at radius 3 is 2.73 bits per heavy atom. The number of rotatable bonds is 4. The lowest BCUT2D eigenvalue weighted by atomic mass is 10.4. The Kier molecular flexibility index (Phi) is 2.87. The van der Waals surface area contributed by atoms with Crippen LogP contribution in [0.25, 0.3) is 0 Å². The smallest absolute Gasteiger partial charge is 0.105 e. The van der Waals surface area contributed by atoms with Crippen molar-refractivity contribution in [2.24, 2.45) is 0 Å². The molecule has 2 heterocycles. The molecule has 2 rings (SSSR count). The van der Waals surface area contributed by atoms with Crippen molar-refractivity contribution < 1.29 is 5.11 Å². The molecule has 0 aliphatic carbocycles. The summed E-state index contributed by atoms with van der Waals surface area (Å²) in [5, 5.41) is 9.08. The number of nitrogens with zero attached hydrogens (tertiary/aromatic N) is 3. The summed E-state index contributed by atoms with van der Waals surface area (Å²) in [6.45, 7) is 3.83. The van der Waals surface area contributed by atoms with E-state index in [4.69, 9.17) is 5.11 Å². The number of aryl methyl sites for hydroxylation is 3. The van der Waals surface area contributed by atoms with E-state index in [2.05, 4.69) is 14.1 Å². The summed E-state index contributed by atoms with van der Waals surface area (Å²) in [5.41, 5.74) is 0.952. The van der Waals surface area contributed by atoms with E-state index in [1.165, 1.54) is 0 Å². The minimum absolute atomic E-state index is 0.0932. The molecule has 0 radical (unpaired) electrons. The first-order valence-electron chi connectivity index (χ1n) is 5.04. The van der Waals surface area contributed by atoms with Crippen LogP contribution in [-0.4, -0.2) is 19.2 Å². The van der Waals surface area contributed by atoms with Gasteiger partial charge in [0.2, 0.25) is 0 Å². The summed E-state index contributed by atoms with van der Waals surface area (Å²) in [6, 6.07) is 3.88. The van der Waals surface area contributed by atoms with E-state index in [0.29, 0.717) is 0 Å². The van der Waals surface area contributed by atoms with Gasteiger partial charge in [0.25, 0.3) is 0 Å². The summed E-state index contributed by atoms with van der Waals surface area (Å²) in [5.74, 6) is 1.02. The molecule has 0 atom stereocenters. The highest BCUT2D eigenvalue weighted by atomic mass is 16.3. The average molecular weight is 205 g/mol. The maximum Gasteiger partial charge on any atom is 0.105 e. The predicted molar refractivity (Wildman–Crippen MR) is 57.3 cm³/mol. The normalized spacial score (nSPS) is 10.8. The minimum atomic E-state index is 0.0932. The Hall–Kier alpha value is -1.55. The van der Waals surface area contributed by atoms with Crippen molar-refractivity contribution in [2.45, 2.75) is 26.6 Å². The van der Waals surface area contributed by atoms with Gasteiger partial charge in [-0.15, -0.1) is 0 Å². The van der Waals surface area contributed by atoms with Crippen LogP contribution in [0.3, 0.4) is 0 Å². The van der Waals surface area contributed by atoms with Crippen molar-refractivity contribution in [3.05, 3.63) is 42.2 Å². The zero-order chi connectivity index (χ0) is 10.7. The molecule has 0 aromatic carbocycles. The van der Waals surface area contributed by atoms with Gasteiger partial charge in [0.15, 0.2) is 0 Å². The van der Waals surface area contributed by atoms with E-state index in [-0.39, 0.29) is 6.61 Å². The highest BCUT2D eigenvalue weighted by molar-refractivity contribution is 5.05. The van der Waals surface area contributed by atoms with E-state index >= 15 is 0 Å². The van der Waals surface area contributed by atoms with Crippen LogP contribution < -0.4 is 0 Å². The molecule has 0 fully saturated rings. The predicted octanol–water partition coefficient (Wildman–Crippen LogP) is 1.19. The van der Waals surface area contributed by atoms with Crippen molar-refractivity contribution in [3.8, 4) is 0 Å². The topological polar surface area (TPSA) is 43.0 Å². The first-order valence-corrected chi connectivity index (χ1v) is 5.04. The third-order valence-electron chi connectivity index (χ3n) is 2.59. The summed E-state index contributed by atoms with van der Waals surface area (Å²) in [7, 11) is 0. The molecule has 0 saturated heterocycles. The second kappa shape index (κ2) is 4.31. The highest BCUT2D eigenvalue weighted by Gasteiger charge is 2.00. The maximum absolute atomic E-state index is 9.08. The lowest BCUT2D eigenvalue weighted by Gasteiger charge is -2.09. The van der Waals surface area contributed by atoms with E-state index in [0.717, 1.165) is 24.6 Å². The van der Waals surface area contributed by atoms with Gasteiger partial charge in [-0.2, -0.15) is 0 Å². The Bertz CT molecular complexity index is 430.